The van der Waals surface area contributed by atoms with E-state index < -0.39 is 6.04 Å². The molecule has 2 heterocycles. The Bertz CT molecular complexity index is 762. The van der Waals surface area contributed by atoms with E-state index in [9.17, 15) is 9.59 Å². The minimum atomic E-state index is -0.509. The predicted molar refractivity (Wildman–Crippen MR) is 99.9 cm³/mol. The first-order valence-electron chi connectivity index (χ1n) is 9.14. The van der Waals surface area contributed by atoms with Crippen molar-refractivity contribution in [1.29, 1.82) is 0 Å². The molecule has 1 aromatic carbocycles. The summed E-state index contributed by atoms with van der Waals surface area (Å²) in [5.74, 6) is 1.19. The smallest absolute Gasteiger partial charge is 0.237 e. The molecule has 1 unspecified atom stereocenters. The van der Waals surface area contributed by atoms with Crippen molar-refractivity contribution in [3.8, 4) is 5.75 Å². The second-order valence-electron chi connectivity index (χ2n) is 6.33. The molecule has 27 heavy (non-hydrogen) atoms. The quantitative estimate of drug-likeness (QED) is 0.638. The molecular formula is C19H25N5O3. The van der Waals surface area contributed by atoms with Crippen molar-refractivity contribution in [2.75, 3.05) is 19.7 Å². The Labute approximate surface area is 158 Å². The second-order valence-corrected chi connectivity index (χ2v) is 6.33. The lowest BCUT2D eigenvalue weighted by molar-refractivity contribution is -0.134. The third-order valence-electron chi connectivity index (χ3n) is 4.47. The van der Waals surface area contributed by atoms with Gasteiger partial charge in [0.05, 0.1) is 25.6 Å². The highest BCUT2D eigenvalue weighted by atomic mass is 16.5. The summed E-state index contributed by atoms with van der Waals surface area (Å²) in [5.41, 5.74) is 1.01. The molecule has 1 saturated heterocycles. The highest BCUT2D eigenvalue weighted by molar-refractivity contribution is 5.88. The molecule has 1 atom stereocenters. The van der Waals surface area contributed by atoms with Crippen LogP contribution in [0.2, 0.25) is 0 Å². The van der Waals surface area contributed by atoms with Gasteiger partial charge in [-0.2, -0.15) is 0 Å². The van der Waals surface area contributed by atoms with Crippen molar-refractivity contribution < 1.29 is 14.3 Å². The summed E-state index contributed by atoms with van der Waals surface area (Å²) in [5, 5.41) is 5.66. The SMILES string of the molecule is CCOc1ccccc1CN1CCNC(=O)C1CC(=O)NCc1ncc[nH]1. The van der Waals surface area contributed by atoms with Gasteiger partial charge in [-0.3, -0.25) is 14.5 Å². The zero-order chi connectivity index (χ0) is 19.1. The molecule has 1 aliphatic rings. The van der Waals surface area contributed by atoms with Crippen molar-refractivity contribution in [1.82, 2.24) is 25.5 Å². The van der Waals surface area contributed by atoms with E-state index in [1.165, 1.54) is 0 Å². The third-order valence-corrected chi connectivity index (χ3v) is 4.47. The van der Waals surface area contributed by atoms with E-state index in [1.807, 2.05) is 36.1 Å². The molecule has 144 valence electrons. The fourth-order valence-corrected chi connectivity index (χ4v) is 3.15. The standard InChI is InChI=1S/C19H25N5O3/c1-2-27-16-6-4-3-5-14(16)13-24-10-9-22-19(26)15(24)11-18(25)23-12-17-20-7-8-21-17/h3-8,15H,2,9-13H2,1H3,(H,20,21)(H,22,26)(H,23,25). The van der Waals surface area contributed by atoms with Crippen molar-refractivity contribution >= 4 is 11.8 Å². The van der Waals surface area contributed by atoms with Gasteiger partial charge >= 0.3 is 0 Å². The first-order chi connectivity index (χ1) is 13.2. The van der Waals surface area contributed by atoms with Crippen LogP contribution < -0.4 is 15.4 Å². The van der Waals surface area contributed by atoms with Crippen LogP contribution in [0, 0.1) is 0 Å². The van der Waals surface area contributed by atoms with Gasteiger partial charge in [0.15, 0.2) is 0 Å². The van der Waals surface area contributed by atoms with Crippen LogP contribution in [-0.2, 0) is 22.7 Å². The fourth-order valence-electron chi connectivity index (χ4n) is 3.15. The first kappa shape index (κ1) is 18.9. The average molecular weight is 371 g/mol. The highest BCUT2D eigenvalue weighted by Gasteiger charge is 2.32. The zero-order valence-corrected chi connectivity index (χ0v) is 15.4. The molecule has 3 N–H and O–H groups in total. The number of aromatic nitrogens is 2. The molecular weight excluding hydrogens is 346 g/mol. The number of carbonyl (C=O) groups is 2. The van der Waals surface area contributed by atoms with Gasteiger partial charge in [-0.1, -0.05) is 18.2 Å². The summed E-state index contributed by atoms with van der Waals surface area (Å²) in [6.45, 7) is 4.64. The number of piperazine rings is 1. The van der Waals surface area contributed by atoms with Crippen molar-refractivity contribution in [3.63, 3.8) is 0 Å². The molecule has 0 radical (unpaired) electrons. The average Bonchev–Trinajstić information content (AvgIpc) is 3.18. The largest absolute Gasteiger partial charge is 0.494 e. The number of imidazole rings is 1. The van der Waals surface area contributed by atoms with Gasteiger partial charge in [0, 0.05) is 37.6 Å². The Hall–Kier alpha value is -2.87. The minimum absolute atomic E-state index is 0.101. The van der Waals surface area contributed by atoms with Crippen LogP contribution >= 0.6 is 0 Å². The van der Waals surface area contributed by atoms with Gasteiger partial charge < -0.3 is 20.4 Å². The summed E-state index contributed by atoms with van der Waals surface area (Å²) in [7, 11) is 0. The molecule has 2 aromatic rings. The summed E-state index contributed by atoms with van der Waals surface area (Å²) < 4.78 is 5.68. The molecule has 1 aliphatic heterocycles. The molecule has 2 amide bonds. The lowest BCUT2D eigenvalue weighted by atomic mass is 10.1. The Morgan fingerprint density at radius 3 is 3.04 bits per heavy atom. The molecule has 1 aromatic heterocycles. The van der Waals surface area contributed by atoms with E-state index in [2.05, 4.69) is 20.6 Å². The Balaban J connectivity index is 1.64. The molecule has 0 aliphatic carbocycles. The van der Waals surface area contributed by atoms with E-state index in [4.69, 9.17) is 4.74 Å². The van der Waals surface area contributed by atoms with Crippen LogP contribution in [0.5, 0.6) is 5.75 Å². The molecule has 8 nitrogen and oxygen atoms in total. The number of para-hydroxylation sites is 1. The summed E-state index contributed by atoms with van der Waals surface area (Å²) in [4.78, 5) is 33.8. The van der Waals surface area contributed by atoms with Crippen LogP contribution in [-0.4, -0.2) is 52.4 Å². The maximum absolute atomic E-state index is 12.4. The number of H-pyrrole nitrogens is 1. The van der Waals surface area contributed by atoms with E-state index in [0.29, 0.717) is 38.6 Å². The van der Waals surface area contributed by atoms with Crippen LogP contribution in [0.4, 0.5) is 0 Å². The van der Waals surface area contributed by atoms with Crippen molar-refractivity contribution in [2.24, 2.45) is 0 Å². The van der Waals surface area contributed by atoms with Gasteiger partial charge in [-0.25, -0.2) is 4.98 Å². The lowest BCUT2D eigenvalue weighted by Gasteiger charge is -2.35. The van der Waals surface area contributed by atoms with Crippen LogP contribution in [0.25, 0.3) is 0 Å². The number of amides is 2. The van der Waals surface area contributed by atoms with Crippen LogP contribution in [0.15, 0.2) is 36.7 Å². The Kier molecular flexibility index (Phi) is 6.43. The van der Waals surface area contributed by atoms with E-state index >= 15 is 0 Å². The zero-order valence-electron chi connectivity index (χ0n) is 15.4. The monoisotopic (exact) mass is 371 g/mol. The van der Waals surface area contributed by atoms with E-state index in [-0.39, 0.29) is 18.2 Å². The number of aromatic amines is 1. The first-order valence-corrected chi connectivity index (χ1v) is 9.14. The number of hydrogen-bond acceptors (Lipinski definition) is 5. The normalized spacial score (nSPS) is 17.4. The van der Waals surface area contributed by atoms with Gasteiger partial charge in [0.2, 0.25) is 11.8 Å². The lowest BCUT2D eigenvalue weighted by Crippen LogP contribution is -2.56. The molecule has 0 spiro atoms. The molecule has 1 fully saturated rings. The highest BCUT2D eigenvalue weighted by Crippen LogP contribution is 2.22. The number of rotatable bonds is 8. The Morgan fingerprint density at radius 1 is 1.41 bits per heavy atom. The number of nitrogens with zero attached hydrogens (tertiary/aromatic N) is 2. The minimum Gasteiger partial charge on any atom is -0.494 e. The summed E-state index contributed by atoms with van der Waals surface area (Å²) in [6.07, 6.45) is 3.44. The van der Waals surface area contributed by atoms with Gasteiger partial charge in [0.25, 0.3) is 0 Å². The Morgan fingerprint density at radius 2 is 2.26 bits per heavy atom. The van der Waals surface area contributed by atoms with Gasteiger partial charge in [0.1, 0.15) is 11.6 Å². The molecule has 0 saturated carbocycles. The van der Waals surface area contributed by atoms with Gasteiger partial charge in [-0.05, 0) is 13.0 Å². The maximum Gasteiger partial charge on any atom is 0.237 e. The topological polar surface area (TPSA) is 99.3 Å². The fraction of sp³-hybridized carbons (Fsp3) is 0.421. The van der Waals surface area contributed by atoms with E-state index in [1.54, 1.807) is 12.4 Å². The summed E-state index contributed by atoms with van der Waals surface area (Å²) >= 11 is 0. The molecule has 3 rings (SSSR count). The molecule has 8 heteroatoms. The number of nitrogens with one attached hydrogen (secondary N) is 3. The second kappa shape index (κ2) is 9.18. The van der Waals surface area contributed by atoms with Crippen molar-refractivity contribution in [2.45, 2.75) is 32.5 Å². The summed E-state index contributed by atoms with van der Waals surface area (Å²) in [6, 6.07) is 7.29. The number of carbonyl (C=O) groups excluding carboxylic acids is 2. The number of ether oxygens (including phenoxy) is 1. The maximum atomic E-state index is 12.4. The number of benzene rings is 1. The third kappa shape index (κ3) is 5.07. The van der Waals surface area contributed by atoms with Crippen LogP contribution in [0.1, 0.15) is 24.7 Å². The van der Waals surface area contributed by atoms with Crippen molar-refractivity contribution in [3.05, 3.63) is 48.0 Å². The van der Waals surface area contributed by atoms with E-state index in [0.717, 1.165) is 11.3 Å². The van der Waals surface area contributed by atoms with Gasteiger partial charge in [-0.15, -0.1) is 0 Å². The predicted octanol–water partition coefficient (Wildman–Crippen LogP) is 0.815. The molecule has 0 bridgehead atoms. The number of hydrogen-bond donors (Lipinski definition) is 3. The van der Waals surface area contributed by atoms with Crippen LogP contribution in [0.3, 0.4) is 0 Å².